The van der Waals surface area contributed by atoms with Gasteiger partial charge in [-0.1, -0.05) is 13.8 Å². The van der Waals surface area contributed by atoms with E-state index in [1.54, 1.807) is 6.92 Å². The van der Waals surface area contributed by atoms with Crippen LogP contribution in [-0.4, -0.2) is 19.4 Å². The van der Waals surface area contributed by atoms with E-state index in [1.165, 1.54) is 11.3 Å². The number of thiophene rings is 1. The average Bonchev–Trinajstić information content (AvgIpc) is 2.56. The largest absolute Gasteiger partial charge is 0.397 e. The molecule has 0 radical (unpaired) electrons. The SMILES string of the molecule is CC(=O)c1sc(N(C)CCC(C)C)cc1N. The molecule has 0 unspecified atom stereocenters. The fraction of sp³-hybridized carbons (Fsp3) is 0.583. The molecule has 0 saturated carbocycles. The van der Waals surface area contributed by atoms with Crippen LogP contribution in [0.3, 0.4) is 0 Å². The van der Waals surface area contributed by atoms with E-state index >= 15 is 0 Å². The van der Waals surface area contributed by atoms with Crippen molar-refractivity contribution in [2.75, 3.05) is 24.2 Å². The van der Waals surface area contributed by atoms with E-state index in [4.69, 9.17) is 5.73 Å². The minimum absolute atomic E-state index is 0.0472. The van der Waals surface area contributed by atoms with Gasteiger partial charge in [0.15, 0.2) is 5.78 Å². The third kappa shape index (κ3) is 3.23. The van der Waals surface area contributed by atoms with Gasteiger partial charge in [-0.2, -0.15) is 0 Å². The Morgan fingerprint density at radius 1 is 1.56 bits per heavy atom. The lowest BCUT2D eigenvalue weighted by Crippen LogP contribution is -2.18. The van der Waals surface area contributed by atoms with Crippen LogP contribution in [0, 0.1) is 5.92 Å². The molecule has 0 aliphatic rings. The Kier molecular flexibility index (Phi) is 4.35. The number of rotatable bonds is 5. The Morgan fingerprint density at radius 3 is 2.62 bits per heavy atom. The predicted octanol–water partition coefficient (Wildman–Crippen LogP) is 3.02. The van der Waals surface area contributed by atoms with Crippen molar-refractivity contribution in [3.63, 3.8) is 0 Å². The van der Waals surface area contributed by atoms with E-state index in [-0.39, 0.29) is 5.78 Å². The molecule has 0 aromatic carbocycles. The van der Waals surface area contributed by atoms with E-state index < -0.39 is 0 Å². The standard InChI is InChI=1S/C12H20N2OS/c1-8(2)5-6-14(4)11-7-10(13)12(16-11)9(3)15/h7-8H,5-6,13H2,1-4H3. The maximum atomic E-state index is 11.3. The van der Waals surface area contributed by atoms with Crippen LogP contribution in [0.5, 0.6) is 0 Å². The van der Waals surface area contributed by atoms with Crippen LogP contribution in [0.15, 0.2) is 6.07 Å². The molecular formula is C12H20N2OS. The van der Waals surface area contributed by atoms with Crippen molar-refractivity contribution in [2.45, 2.75) is 27.2 Å². The summed E-state index contributed by atoms with van der Waals surface area (Å²) in [7, 11) is 2.04. The van der Waals surface area contributed by atoms with Gasteiger partial charge in [0.2, 0.25) is 0 Å². The molecule has 1 aromatic heterocycles. The number of ketones is 1. The fourth-order valence-corrected chi connectivity index (χ4v) is 2.38. The number of hydrogen-bond donors (Lipinski definition) is 1. The fourth-order valence-electron chi connectivity index (χ4n) is 1.42. The molecule has 0 saturated heterocycles. The van der Waals surface area contributed by atoms with E-state index in [0.717, 1.165) is 18.0 Å². The Hall–Kier alpha value is -1.03. The number of nitrogens with two attached hydrogens (primary N) is 1. The van der Waals surface area contributed by atoms with Crippen LogP contribution in [0.1, 0.15) is 36.9 Å². The summed E-state index contributed by atoms with van der Waals surface area (Å²) in [5.41, 5.74) is 6.40. The summed E-state index contributed by atoms with van der Waals surface area (Å²) in [6.07, 6.45) is 1.14. The second kappa shape index (κ2) is 5.34. The van der Waals surface area contributed by atoms with Crippen LogP contribution in [0.25, 0.3) is 0 Å². The maximum Gasteiger partial charge on any atom is 0.171 e. The molecule has 90 valence electrons. The summed E-state index contributed by atoms with van der Waals surface area (Å²) >= 11 is 1.48. The molecule has 0 aliphatic heterocycles. The maximum absolute atomic E-state index is 11.3. The quantitative estimate of drug-likeness (QED) is 0.805. The van der Waals surface area contributed by atoms with Crippen molar-refractivity contribution >= 4 is 27.8 Å². The third-order valence-electron chi connectivity index (χ3n) is 2.49. The molecule has 0 amide bonds. The zero-order valence-corrected chi connectivity index (χ0v) is 11.2. The van der Waals surface area contributed by atoms with Crippen LogP contribution in [-0.2, 0) is 0 Å². The van der Waals surface area contributed by atoms with E-state index in [9.17, 15) is 4.79 Å². The Bertz CT molecular complexity index is 371. The van der Waals surface area contributed by atoms with Crippen molar-refractivity contribution in [1.82, 2.24) is 0 Å². The molecule has 4 heteroatoms. The number of carbonyl (C=O) groups is 1. The van der Waals surface area contributed by atoms with Gasteiger partial charge in [-0.25, -0.2) is 0 Å². The van der Waals surface area contributed by atoms with Gasteiger partial charge in [0, 0.05) is 20.5 Å². The molecule has 3 nitrogen and oxygen atoms in total. The molecule has 2 N–H and O–H groups in total. The number of anilines is 2. The summed E-state index contributed by atoms with van der Waals surface area (Å²) in [6, 6.07) is 1.89. The molecule has 16 heavy (non-hydrogen) atoms. The molecule has 1 aromatic rings. The first-order valence-corrected chi connectivity index (χ1v) is 6.34. The molecule has 0 aliphatic carbocycles. The summed E-state index contributed by atoms with van der Waals surface area (Å²) in [6.45, 7) is 6.96. The van der Waals surface area contributed by atoms with Crippen LogP contribution < -0.4 is 10.6 Å². The topological polar surface area (TPSA) is 46.3 Å². The van der Waals surface area contributed by atoms with Gasteiger partial charge in [0.1, 0.15) is 0 Å². The molecule has 0 bridgehead atoms. The van der Waals surface area contributed by atoms with E-state index in [2.05, 4.69) is 18.7 Å². The lowest BCUT2D eigenvalue weighted by molar-refractivity contribution is 0.102. The van der Waals surface area contributed by atoms with Gasteiger partial charge in [-0.3, -0.25) is 4.79 Å². The van der Waals surface area contributed by atoms with E-state index in [1.807, 2.05) is 13.1 Å². The van der Waals surface area contributed by atoms with Gasteiger partial charge in [-0.15, -0.1) is 11.3 Å². The first-order valence-electron chi connectivity index (χ1n) is 5.53. The first kappa shape index (κ1) is 13.0. The second-order valence-electron chi connectivity index (χ2n) is 4.53. The summed E-state index contributed by atoms with van der Waals surface area (Å²) < 4.78 is 0. The number of nitrogens with zero attached hydrogens (tertiary/aromatic N) is 1. The summed E-state index contributed by atoms with van der Waals surface area (Å²) in [5, 5.41) is 1.07. The number of carbonyl (C=O) groups excluding carboxylic acids is 1. The summed E-state index contributed by atoms with van der Waals surface area (Å²) in [4.78, 5) is 14.1. The Labute approximate surface area is 101 Å². The number of Topliss-reactive ketones (excluding diaryl/α,β-unsaturated/α-hetero) is 1. The highest BCUT2D eigenvalue weighted by molar-refractivity contribution is 7.18. The normalized spacial score (nSPS) is 10.8. The lowest BCUT2D eigenvalue weighted by atomic mass is 10.1. The molecular weight excluding hydrogens is 220 g/mol. The van der Waals surface area contributed by atoms with Crippen molar-refractivity contribution in [3.05, 3.63) is 10.9 Å². The molecule has 0 fully saturated rings. The number of hydrogen-bond acceptors (Lipinski definition) is 4. The average molecular weight is 240 g/mol. The molecule has 1 heterocycles. The van der Waals surface area contributed by atoms with Crippen LogP contribution in [0.2, 0.25) is 0 Å². The highest BCUT2D eigenvalue weighted by atomic mass is 32.1. The zero-order chi connectivity index (χ0) is 12.3. The minimum atomic E-state index is 0.0472. The van der Waals surface area contributed by atoms with Crippen molar-refractivity contribution in [3.8, 4) is 0 Å². The monoisotopic (exact) mass is 240 g/mol. The van der Waals surface area contributed by atoms with Gasteiger partial charge in [0.25, 0.3) is 0 Å². The zero-order valence-electron chi connectivity index (χ0n) is 10.4. The highest BCUT2D eigenvalue weighted by Gasteiger charge is 2.13. The number of nitrogen functional groups attached to an aromatic ring is 1. The van der Waals surface area contributed by atoms with Gasteiger partial charge in [0.05, 0.1) is 15.6 Å². The van der Waals surface area contributed by atoms with Gasteiger partial charge >= 0.3 is 0 Å². The summed E-state index contributed by atoms with van der Waals surface area (Å²) in [5.74, 6) is 0.734. The smallest absolute Gasteiger partial charge is 0.171 e. The van der Waals surface area contributed by atoms with Gasteiger partial charge in [-0.05, 0) is 18.4 Å². The Morgan fingerprint density at radius 2 is 2.19 bits per heavy atom. The molecule has 0 atom stereocenters. The minimum Gasteiger partial charge on any atom is -0.397 e. The first-order chi connectivity index (χ1) is 7.41. The lowest BCUT2D eigenvalue weighted by Gasteiger charge is -2.17. The molecule has 1 rings (SSSR count). The van der Waals surface area contributed by atoms with E-state index in [0.29, 0.717) is 16.5 Å². The van der Waals surface area contributed by atoms with Crippen molar-refractivity contribution in [2.24, 2.45) is 5.92 Å². The third-order valence-corrected chi connectivity index (χ3v) is 3.85. The predicted molar refractivity (Wildman–Crippen MR) is 71.5 cm³/mol. The Balaban J connectivity index is 2.73. The second-order valence-corrected chi connectivity index (χ2v) is 5.56. The van der Waals surface area contributed by atoms with Crippen molar-refractivity contribution < 1.29 is 4.79 Å². The van der Waals surface area contributed by atoms with Crippen LogP contribution in [0.4, 0.5) is 10.7 Å². The molecule has 0 spiro atoms. The van der Waals surface area contributed by atoms with Crippen LogP contribution >= 0.6 is 11.3 Å². The van der Waals surface area contributed by atoms with Crippen molar-refractivity contribution in [1.29, 1.82) is 0 Å². The van der Waals surface area contributed by atoms with Gasteiger partial charge < -0.3 is 10.6 Å². The highest BCUT2D eigenvalue weighted by Crippen LogP contribution is 2.32.